The van der Waals surface area contributed by atoms with Crippen molar-refractivity contribution in [1.29, 1.82) is 0 Å². The van der Waals surface area contributed by atoms with Crippen molar-refractivity contribution >= 4 is 17.6 Å². The molecule has 1 aliphatic heterocycles. The van der Waals surface area contributed by atoms with Gasteiger partial charge in [-0.3, -0.25) is 9.59 Å². The molecule has 1 amide bonds. The number of hydrazone groups is 1. The number of rotatable bonds is 1. The number of amides is 1. The van der Waals surface area contributed by atoms with E-state index in [-0.39, 0.29) is 17.7 Å². The van der Waals surface area contributed by atoms with Gasteiger partial charge in [-0.25, -0.2) is 5.43 Å². The summed E-state index contributed by atoms with van der Waals surface area (Å²) in [6.07, 6.45) is 1.63. The number of fused-ring (bicyclic) bond motifs is 1. The molecule has 2 unspecified atom stereocenters. The summed E-state index contributed by atoms with van der Waals surface area (Å²) in [5.74, 6) is -1.62. The SMILES string of the molecule is O=C(O)C1CCC2=NNC(=O)C2C1. The van der Waals surface area contributed by atoms with Crippen LogP contribution in [-0.2, 0) is 9.59 Å². The molecule has 1 aliphatic carbocycles. The van der Waals surface area contributed by atoms with Gasteiger partial charge in [0.2, 0.25) is 5.91 Å². The van der Waals surface area contributed by atoms with Crippen LogP contribution in [0.3, 0.4) is 0 Å². The van der Waals surface area contributed by atoms with Crippen LogP contribution in [0, 0.1) is 11.8 Å². The van der Waals surface area contributed by atoms with Crippen LogP contribution in [0.15, 0.2) is 5.10 Å². The van der Waals surface area contributed by atoms with Gasteiger partial charge in [-0.2, -0.15) is 5.10 Å². The van der Waals surface area contributed by atoms with Gasteiger partial charge in [-0.1, -0.05) is 0 Å². The molecule has 0 saturated heterocycles. The van der Waals surface area contributed by atoms with E-state index in [9.17, 15) is 9.59 Å². The molecule has 2 aliphatic rings. The van der Waals surface area contributed by atoms with E-state index in [0.29, 0.717) is 19.3 Å². The number of carboxylic acids is 1. The van der Waals surface area contributed by atoms with Gasteiger partial charge in [-0.05, 0) is 19.3 Å². The van der Waals surface area contributed by atoms with Crippen LogP contribution in [0.25, 0.3) is 0 Å². The van der Waals surface area contributed by atoms with Gasteiger partial charge in [-0.15, -0.1) is 0 Å². The van der Waals surface area contributed by atoms with Gasteiger partial charge >= 0.3 is 5.97 Å². The minimum absolute atomic E-state index is 0.152. The highest BCUT2D eigenvalue weighted by Crippen LogP contribution is 2.29. The van der Waals surface area contributed by atoms with Crippen LogP contribution >= 0.6 is 0 Å². The Kier molecular flexibility index (Phi) is 1.79. The monoisotopic (exact) mass is 182 g/mol. The van der Waals surface area contributed by atoms with Crippen LogP contribution in [-0.4, -0.2) is 22.7 Å². The summed E-state index contributed by atoms with van der Waals surface area (Å²) in [7, 11) is 0. The smallest absolute Gasteiger partial charge is 0.306 e. The van der Waals surface area contributed by atoms with E-state index >= 15 is 0 Å². The maximum absolute atomic E-state index is 11.2. The summed E-state index contributed by atoms with van der Waals surface area (Å²) < 4.78 is 0. The molecule has 1 saturated carbocycles. The number of hydrogen-bond donors (Lipinski definition) is 2. The maximum Gasteiger partial charge on any atom is 0.306 e. The first-order valence-electron chi connectivity index (χ1n) is 4.27. The number of carboxylic acid groups (broad SMARTS) is 1. The highest BCUT2D eigenvalue weighted by Gasteiger charge is 2.38. The number of carbonyl (C=O) groups excluding carboxylic acids is 1. The molecule has 5 nitrogen and oxygen atoms in total. The Hall–Kier alpha value is -1.39. The third kappa shape index (κ3) is 1.30. The zero-order chi connectivity index (χ0) is 9.42. The van der Waals surface area contributed by atoms with Gasteiger partial charge < -0.3 is 5.11 Å². The number of nitrogens with zero attached hydrogens (tertiary/aromatic N) is 1. The topological polar surface area (TPSA) is 78.8 Å². The molecule has 70 valence electrons. The molecule has 0 aromatic rings. The van der Waals surface area contributed by atoms with Gasteiger partial charge in [0.05, 0.1) is 17.5 Å². The summed E-state index contributed by atoms with van der Waals surface area (Å²) in [5, 5.41) is 12.6. The predicted octanol–water partition coefficient (Wildman–Crippen LogP) is -0.0269. The van der Waals surface area contributed by atoms with E-state index in [1.165, 1.54) is 0 Å². The minimum Gasteiger partial charge on any atom is -0.481 e. The Labute approximate surface area is 74.8 Å². The summed E-state index contributed by atoms with van der Waals surface area (Å²) in [5.41, 5.74) is 3.20. The maximum atomic E-state index is 11.2. The lowest BCUT2D eigenvalue weighted by molar-refractivity contribution is -0.142. The van der Waals surface area contributed by atoms with E-state index in [1.807, 2.05) is 0 Å². The third-order valence-electron chi connectivity index (χ3n) is 2.65. The first-order valence-corrected chi connectivity index (χ1v) is 4.27. The van der Waals surface area contributed by atoms with Gasteiger partial charge in [0.15, 0.2) is 0 Å². The summed E-state index contributed by atoms with van der Waals surface area (Å²) in [6, 6.07) is 0. The summed E-state index contributed by atoms with van der Waals surface area (Å²) >= 11 is 0. The molecule has 5 heteroatoms. The van der Waals surface area contributed by atoms with Crippen molar-refractivity contribution in [3.05, 3.63) is 0 Å². The molecule has 0 aromatic heterocycles. The molecule has 2 atom stereocenters. The van der Waals surface area contributed by atoms with E-state index in [0.717, 1.165) is 5.71 Å². The Morgan fingerprint density at radius 2 is 2.38 bits per heavy atom. The fraction of sp³-hybridized carbons (Fsp3) is 0.625. The normalized spacial score (nSPS) is 32.0. The van der Waals surface area contributed by atoms with Crippen molar-refractivity contribution in [2.75, 3.05) is 0 Å². The lowest BCUT2D eigenvalue weighted by atomic mass is 9.80. The average molecular weight is 182 g/mol. The number of nitrogens with one attached hydrogen (secondary N) is 1. The molecular formula is C8H10N2O3. The molecule has 0 radical (unpaired) electrons. The molecule has 13 heavy (non-hydrogen) atoms. The average Bonchev–Trinajstić information content (AvgIpc) is 2.47. The van der Waals surface area contributed by atoms with Crippen LogP contribution in [0.2, 0.25) is 0 Å². The van der Waals surface area contributed by atoms with Crippen LogP contribution in [0.5, 0.6) is 0 Å². The molecule has 2 N–H and O–H groups in total. The second-order valence-electron chi connectivity index (χ2n) is 3.44. The lowest BCUT2D eigenvalue weighted by Gasteiger charge is -2.21. The van der Waals surface area contributed by atoms with Crippen LogP contribution in [0.4, 0.5) is 0 Å². The van der Waals surface area contributed by atoms with E-state index in [2.05, 4.69) is 10.5 Å². The van der Waals surface area contributed by atoms with Crippen molar-refractivity contribution in [2.24, 2.45) is 16.9 Å². The van der Waals surface area contributed by atoms with Crippen molar-refractivity contribution < 1.29 is 14.7 Å². The molecule has 2 rings (SSSR count). The fourth-order valence-electron chi connectivity index (χ4n) is 1.86. The Balaban J connectivity index is 2.11. The zero-order valence-electron chi connectivity index (χ0n) is 6.99. The van der Waals surface area contributed by atoms with E-state index < -0.39 is 5.97 Å². The van der Waals surface area contributed by atoms with Crippen LogP contribution in [0.1, 0.15) is 19.3 Å². The summed E-state index contributed by atoms with van der Waals surface area (Å²) in [6.45, 7) is 0. The number of aliphatic carboxylic acids is 1. The third-order valence-corrected chi connectivity index (χ3v) is 2.65. The van der Waals surface area contributed by atoms with Gasteiger partial charge in [0.25, 0.3) is 0 Å². The predicted molar refractivity (Wildman–Crippen MR) is 44.0 cm³/mol. The van der Waals surface area contributed by atoms with Crippen molar-refractivity contribution in [3.8, 4) is 0 Å². The van der Waals surface area contributed by atoms with E-state index in [4.69, 9.17) is 5.11 Å². The van der Waals surface area contributed by atoms with Crippen molar-refractivity contribution in [3.63, 3.8) is 0 Å². The molecule has 1 fully saturated rings. The Morgan fingerprint density at radius 1 is 1.62 bits per heavy atom. The number of carbonyl (C=O) groups is 2. The first-order chi connectivity index (χ1) is 6.18. The Morgan fingerprint density at radius 3 is 3.08 bits per heavy atom. The highest BCUT2D eigenvalue weighted by molar-refractivity contribution is 6.08. The van der Waals surface area contributed by atoms with Crippen molar-refractivity contribution in [1.82, 2.24) is 5.43 Å². The molecule has 1 heterocycles. The molecule has 0 spiro atoms. The summed E-state index contributed by atoms with van der Waals surface area (Å²) in [4.78, 5) is 21.8. The standard InChI is InChI=1S/C8H10N2O3/c11-7-5-3-4(8(12)13)1-2-6(5)9-10-7/h4-5H,1-3H2,(H,10,11)(H,12,13). The molecule has 0 bridgehead atoms. The lowest BCUT2D eigenvalue weighted by Crippen LogP contribution is -2.32. The quantitative estimate of drug-likeness (QED) is 0.597. The van der Waals surface area contributed by atoms with Gasteiger partial charge in [0.1, 0.15) is 0 Å². The minimum atomic E-state index is -0.807. The second kappa shape index (κ2) is 2.83. The largest absolute Gasteiger partial charge is 0.481 e. The fourth-order valence-corrected chi connectivity index (χ4v) is 1.86. The van der Waals surface area contributed by atoms with Crippen molar-refractivity contribution in [2.45, 2.75) is 19.3 Å². The van der Waals surface area contributed by atoms with Crippen LogP contribution < -0.4 is 5.43 Å². The zero-order valence-corrected chi connectivity index (χ0v) is 6.99. The first kappa shape index (κ1) is 8.22. The van der Waals surface area contributed by atoms with Gasteiger partial charge in [0, 0.05) is 0 Å². The second-order valence-corrected chi connectivity index (χ2v) is 3.44. The number of hydrogen-bond acceptors (Lipinski definition) is 3. The van der Waals surface area contributed by atoms with E-state index in [1.54, 1.807) is 0 Å². The molecule has 0 aromatic carbocycles. The Bertz CT molecular complexity index is 298. The molecular weight excluding hydrogens is 172 g/mol. The highest BCUT2D eigenvalue weighted by atomic mass is 16.4.